The number of hydrogen-bond donors (Lipinski definition) is 2. The molecule has 1 heterocycles. The molecule has 0 spiro atoms. The van der Waals surface area contributed by atoms with Crippen molar-refractivity contribution in [2.75, 3.05) is 40.4 Å². The molecule has 0 aromatic heterocycles. The van der Waals surface area contributed by atoms with Crippen molar-refractivity contribution in [1.82, 2.24) is 15.5 Å². The molecular weight excluding hydrogens is 495 g/mol. The van der Waals surface area contributed by atoms with Crippen molar-refractivity contribution in [3.63, 3.8) is 0 Å². The second-order valence-corrected chi connectivity index (χ2v) is 7.73. The number of aliphatic imine (C=N–C) groups is 1. The minimum Gasteiger partial charge on any atom is -0.493 e. The minimum atomic E-state index is 0. The average molecular weight is 530 g/mol. The first-order valence-electron chi connectivity index (χ1n) is 10.7. The van der Waals surface area contributed by atoms with Gasteiger partial charge in [-0.1, -0.05) is 0 Å². The molecule has 8 heteroatoms. The van der Waals surface area contributed by atoms with Gasteiger partial charge < -0.3 is 25.0 Å². The lowest BCUT2D eigenvalue weighted by atomic mass is 9.98. The molecule has 1 saturated carbocycles. The predicted molar refractivity (Wildman–Crippen MR) is 130 cm³/mol. The number of guanidine groups is 1. The van der Waals surface area contributed by atoms with Crippen LogP contribution in [0.1, 0.15) is 43.7 Å². The summed E-state index contributed by atoms with van der Waals surface area (Å²) in [5, 5.41) is 6.61. The number of ether oxygens (including phenoxy) is 2. The Labute approximate surface area is 197 Å². The molecule has 3 rings (SSSR count). The Morgan fingerprint density at radius 2 is 1.87 bits per heavy atom. The lowest BCUT2D eigenvalue weighted by molar-refractivity contribution is -0.132. The third-order valence-corrected chi connectivity index (χ3v) is 5.48. The molecule has 30 heavy (non-hydrogen) atoms. The highest BCUT2D eigenvalue weighted by Gasteiger charge is 2.23. The van der Waals surface area contributed by atoms with E-state index >= 15 is 0 Å². The van der Waals surface area contributed by atoms with Crippen molar-refractivity contribution < 1.29 is 14.3 Å². The topological polar surface area (TPSA) is 75.2 Å². The Bertz CT molecular complexity index is 737. The molecule has 0 radical (unpaired) electrons. The first-order valence-corrected chi connectivity index (χ1v) is 10.7. The Morgan fingerprint density at radius 3 is 2.50 bits per heavy atom. The van der Waals surface area contributed by atoms with Gasteiger partial charge in [0.1, 0.15) is 0 Å². The van der Waals surface area contributed by atoms with Gasteiger partial charge >= 0.3 is 0 Å². The van der Waals surface area contributed by atoms with E-state index in [0.717, 1.165) is 62.2 Å². The van der Waals surface area contributed by atoms with Crippen molar-refractivity contribution >= 4 is 35.8 Å². The summed E-state index contributed by atoms with van der Waals surface area (Å²) in [6.45, 7) is 5.94. The number of nitrogens with zero attached hydrogens (tertiary/aromatic N) is 2. The SMILES string of the molecule is CCNC(=NCC1CC1)NCCCC(=O)N1CCc2cc(OC)c(OC)cc2C1.I. The van der Waals surface area contributed by atoms with E-state index < -0.39 is 0 Å². The Morgan fingerprint density at radius 1 is 1.17 bits per heavy atom. The highest BCUT2D eigenvalue weighted by Crippen LogP contribution is 2.33. The van der Waals surface area contributed by atoms with E-state index in [2.05, 4.69) is 22.5 Å². The summed E-state index contributed by atoms with van der Waals surface area (Å²) in [5.41, 5.74) is 2.37. The smallest absolute Gasteiger partial charge is 0.222 e. The standard InChI is InChI=1S/C22H34N4O3.HI/c1-4-23-22(25-14-16-7-8-16)24-10-5-6-21(27)26-11-9-17-12-19(28-2)20(29-3)13-18(17)15-26;/h12-13,16H,4-11,14-15H2,1-3H3,(H2,23,24,25);1H. The molecule has 168 valence electrons. The van der Waals surface area contributed by atoms with Crippen molar-refractivity contribution in [3.05, 3.63) is 23.3 Å². The number of halogens is 1. The predicted octanol–water partition coefficient (Wildman–Crippen LogP) is 2.95. The van der Waals surface area contributed by atoms with Crippen LogP contribution in [0.3, 0.4) is 0 Å². The number of benzene rings is 1. The molecule has 0 unspecified atom stereocenters. The Hall–Kier alpha value is -1.71. The van der Waals surface area contributed by atoms with Crippen molar-refractivity contribution in [1.29, 1.82) is 0 Å². The Kier molecular flexibility index (Phi) is 10.0. The van der Waals surface area contributed by atoms with Crippen LogP contribution < -0.4 is 20.1 Å². The summed E-state index contributed by atoms with van der Waals surface area (Å²) in [4.78, 5) is 19.2. The molecule has 1 aromatic rings. The maximum Gasteiger partial charge on any atom is 0.222 e. The summed E-state index contributed by atoms with van der Waals surface area (Å²) < 4.78 is 10.8. The molecule has 0 bridgehead atoms. The first kappa shape index (κ1) is 24.6. The number of amides is 1. The summed E-state index contributed by atoms with van der Waals surface area (Å²) in [6.07, 6.45) is 4.78. The zero-order valence-electron chi connectivity index (χ0n) is 18.3. The van der Waals surface area contributed by atoms with Crippen molar-refractivity contribution in [2.24, 2.45) is 10.9 Å². The van der Waals surface area contributed by atoms with E-state index in [1.807, 2.05) is 17.0 Å². The molecule has 7 nitrogen and oxygen atoms in total. The molecule has 1 aromatic carbocycles. The lowest BCUT2D eigenvalue weighted by Gasteiger charge is -2.29. The number of hydrogen-bond acceptors (Lipinski definition) is 4. The van der Waals surface area contributed by atoms with Gasteiger partial charge in [-0.15, -0.1) is 24.0 Å². The number of nitrogens with one attached hydrogen (secondary N) is 2. The molecule has 0 saturated heterocycles. The van der Waals surface area contributed by atoms with Crippen LogP contribution in [0.25, 0.3) is 0 Å². The fourth-order valence-corrected chi connectivity index (χ4v) is 3.56. The van der Waals surface area contributed by atoms with Crippen LogP contribution in [0.2, 0.25) is 0 Å². The van der Waals surface area contributed by atoms with E-state index in [-0.39, 0.29) is 29.9 Å². The van der Waals surface area contributed by atoms with Crippen molar-refractivity contribution in [3.8, 4) is 11.5 Å². The maximum absolute atomic E-state index is 12.7. The quantitative estimate of drug-likeness (QED) is 0.222. The molecule has 2 N–H and O–H groups in total. The Balaban J connectivity index is 0.00000320. The summed E-state index contributed by atoms with van der Waals surface area (Å²) >= 11 is 0. The van der Waals surface area contributed by atoms with E-state index in [1.54, 1.807) is 14.2 Å². The van der Waals surface area contributed by atoms with Crippen LogP contribution in [-0.4, -0.2) is 57.2 Å². The number of carbonyl (C=O) groups excluding carboxylic acids is 1. The highest BCUT2D eigenvalue weighted by atomic mass is 127. The summed E-state index contributed by atoms with van der Waals surface area (Å²) in [7, 11) is 3.29. The molecule has 1 aliphatic heterocycles. The molecule has 1 amide bonds. The number of fused-ring (bicyclic) bond motifs is 1. The zero-order chi connectivity index (χ0) is 20.6. The van der Waals surface area contributed by atoms with Gasteiger partial charge in [-0.2, -0.15) is 0 Å². The number of methoxy groups -OCH3 is 2. The first-order chi connectivity index (χ1) is 14.1. The van der Waals surface area contributed by atoms with Crippen molar-refractivity contribution in [2.45, 2.75) is 45.6 Å². The molecule has 0 atom stereocenters. The minimum absolute atomic E-state index is 0. The van der Waals surface area contributed by atoms with Gasteiger partial charge in [0, 0.05) is 39.1 Å². The third kappa shape index (κ3) is 6.92. The van der Waals surface area contributed by atoms with Gasteiger partial charge in [-0.05, 0) is 61.8 Å². The highest BCUT2D eigenvalue weighted by molar-refractivity contribution is 14.0. The van der Waals surface area contributed by atoms with Gasteiger partial charge in [0.25, 0.3) is 0 Å². The second kappa shape index (κ2) is 12.2. The van der Waals surface area contributed by atoms with E-state index in [0.29, 0.717) is 18.7 Å². The molecule has 1 aliphatic carbocycles. The molecule has 2 aliphatic rings. The van der Waals surface area contributed by atoms with Crippen LogP contribution >= 0.6 is 24.0 Å². The fraction of sp³-hybridized carbons (Fsp3) is 0.636. The van der Waals surface area contributed by atoms with E-state index in [9.17, 15) is 4.79 Å². The monoisotopic (exact) mass is 530 g/mol. The summed E-state index contributed by atoms with van der Waals surface area (Å²) in [6, 6.07) is 4.03. The lowest BCUT2D eigenvalue weighted by Crippen LogP contribution is -2.39. The fourth-order valence-electron chi connectivity index (χ4n) is 3.56. The number of carbonyl (C=O) groups is 1. The van der Waals surface area contributed by atoms with E-state index in [1.165, 1.54) is 18.4 Å². The summed E-state index contributed by atoms with van der Waals surface area (Å²) in [5.74, 6) is 3.29. The largest absolute Gasteiger partial charge is 0.493 e. The molecular formula is C22H35IN4O3. The van der Waals surface area contributed by atoms with Crippen LogP contribution in [0, 0.1) is 5.92 Å². The van der Waals surface area contributed by atoms with Crippen LogP contribution in [0.15, 0.2) is 17.1 Å². The zero-order valence-corrected chi connectivity index (χ0v) is 20.7. The normalized spacial score (nSPS) is 15.7. The van der Waals surface area contributed by atoms with Crippen LogP contribution in [-0.2, 0) is 17.8 Å². The van der Waals surface area contributed by atoms with Crippen LogP contribution in [0.5, 0.6) is 11.5 Å². The third-order valence-electron chi connectivity index (χ3n) is 5.48. The molecule has 1 fully saturated rings. The maximum atomic E-state index is 12.7. The number of rotatable bonds is 9. The van der Waals surface area contributed by atoms with Gasteiger partial charge in [0.05, 0.1) is 14.2 Å². The van der Waals surface area contributed by atoms with Gasteiger partial charge in [-0.25, -0.2) is 0 Å². The van der Waals surface area contributed by atoms with Gasteiger partial charge in [0.15, 0.2) is 17.5 Å². The van der Waals surface area contributed by atoms with E-state index in [4.69, 9.17) is 9.47 Å². The van der Waals surface area contributed by atoms with Gasteiger partial charge in [0.2, 0.25) is 5.91 Å². The average Bonchev–Trinajstić information content (AvgIpc) is 3.57. The van der Waals surface area contributed by atoms with Crippen LogP contribution in [0.4, 0.5) is 0 Å². The van der Waals surface area contributed by atoms with Gasteiger partial charge in [-0.3, -0.25) is 9.79 Å². The second-order valence-electron chi connectivity index (χ2n) is 7.73.